The number of benzene rings is 1. The molecule has 1 aromatic carbocycles. The third kappa shape index (κ3) is 2.45. The van der Waals surface area contributed by atoms with Gasteiger partial charge >= 0.3 is 0 Å². The van der Waals surface area contributed by atoms with Gasteiger partial charge in [-0.05, 0) is 50.0 Å². The van der Waals surface area contributed by atoms with Crippen LogP contribution < -0.4 is 5.73 Å². The van der Waals surface area contributed by atoms with Crippen molar-refractivity contribution in [3.63, 3.8) is 0 Å². The van der Waals surface area contributed by atoms with Crippen molar-refractivity contribution in [2.45, 2.75) is 56.1 Å². The molecular formula is C16H23NO. The standard InChI is InChI=1S/C16H23NO/c17-15-8-11-18-16(12-15)9-6-14(7-10-16)13-4-2-1-3-5-13/h1-5,14-15H,6-12,17H2. The van der Waals surface area contributed by atoms with E-state index < -0.39 is 0 Å². The average molecular weight is 245 g/mol. The maximum atomic E-state index is 6.11. The van der Waals surface area contributed by atoms with E-state index >= 15 is 0 Å². The molecule has 0 radical (unpaired) electrons. The Balaban J connectivity index is 1.64. The van der Waals surface area contributed by atoms with Crippen LogP contribution in [0.2, 0.25) is 0 Å². The summed E-state index contributed by atoms with van der Waals surface area (Å²) in [5.41, 5.74) is 7.71. The van der Waals surface area contributed by atoms with Gasteiger partial charge in [-0.1, -0.05) is 30.3 Å². The second-order valence-corrected chi connectivity index (χ2v) is 5.97. The van der Waals surface area contributed by atoms with Crippen LogP contribution in [0.4, 0.5) is 0 Å². The molecule has 0 amide bonds. The molecule has 1 saturated heterocycles. The summed E-state index contributed by atoms with van der Waals surface area (Å²) in [6, 6.07) is 11.3. The summed E-state index contributed by atoms with van der Waals surface area (Å²) in [6.45, 7) is 0.858. The van der Waals surface area contributed by atoms with Crippen molar-refractivity contribution < 1.29 is 4.74 Å². The molecule has 2 N–H and O–H groups in total. The highest BCUT2D eigenvalue weighted by Gasteiger charge is 2.39. The van der Waals surface area contributed by atoms with Gasteiger partial charge in [0.1, 0.15) is 0 Å². The van der Waals surface area contributed by atoms with Gasteiger partial charge in [0.15, 0.2) is 0 Å². The highest BCUT2D eigenvalue weighted by Crippen LogP contribution is 2.43. The van der Waals surface area contributed by atoms with E-state index in [1.54, 1.807) is 0 Å². The summed E-state index contributed by atoms with van der Waals surface area (Å²) < 4.78 is 6.08. The Morgan fingerprint density at radius 1 is 1.06 bits per heavy atom. The average Bonchev–Trinajstić information content (AvgIpc) is 2.40. The predicted octanol–water partition coefficient (Wildman–Crippen LogP) is 3.22. The van der Waals surface area contributed by atoms with Gasteiger partial charge in [-0.25, -0.2) is 0 Å². The van der Waals surface area contributed by atoms with Crippen molar-refractivity contribution in [1.82, 2.24) is 0 Å². The Hall–Kier alpha value is -0.860. The summed E-state index contributed by atoms with van der Waals surface area (Å²) in [5, 5.41) is 0. The topological polar surface area (TPSA) is 35.2 Å². The van der Waals surface area contributed by atoms with E-state index in [-0.39, 0.29) is 5.60 Å². The molecular weight excluding hydrogens is 222 g/mol. The number of hydrogen-bond acceptors (Lipinski definition) is 2. The van der Waals surface area contributed by atoms with Crippen molar-refractivity contribution >= 4 is 0 Å². The first kappa shape index (κ1) is 12.2. The van der Waals surface area contributed by atoms with Gasteiger partial charge in [0.05, 0.1) is 5.60 Å². The highest BCUT2D eigenvalue weighted by atomic mass is 16.5. The monoisotopic (exact) mass is 245 g/mol. The zero-order valence-electron chi connectivity index (χ0n) is 11.0. The zero-order chi connectivity index (χ0) is 12.4. The molecule has 18 heavy (non-hydrogen) atoms. The molecule has 0 aromatic heterocycles. The van der Waals surface area contributed by atoms with Gasteiger partial charge in [0.2, 0.25) is 0 Å². The summed E-state index contributed by atoms with van der Waals surface area (Å²) in [4.78, 5) is 0. The molecule has 1 atom stereocenters. The summed E-state index contributed by atoms with van der Waals surface area (Å²) in [7, 11) is 0. The van der Waals surface area contributed by atoms with Crippen LogP contribution in [0.5, 0.6) is 0 Å². The van der Waals surface area contributed by atoms with Crippen LogP contribution in [0.3, 0.4) is 0 Å². The summed E-state index contributed by atoms with van der Waals surface area (Å²) in [6.07, 6.45) is 6.95. The van der Waals surface area contributed by atoms with Crippen LogP contribution in [-0.4, -0.2) is 18.2 Å². The maximum Gasteiger partial charge on any atom is 0.0697 e. The first-order valence-electron chi connectivity index (χ1n) is 7.22. The molecule has 98 valence electrons. The second kappa shape index (κ2) is 5.02. The Bertz CT molecular complexity index is 381. The molecule has 0 bridgehead atoms. The smallest absolute Gasteiger partial charge is 0.0697 e. The molecule has 1 aromatic rings. The van der Waals surface area contributed by atoms with Crippen LogP contribution >= 0.6 is 0 Å². The molecule has 2 nitrogen and oxygen atoms in total. The fourth-order valence-corrected chi connectivity index (χ4v) is 3.62. The van der Waals surface area contributed by atoms with Crippen molar-refractivity contribution in [3.05, 3.63) is 35.9 Å². The third-order valence-electron chi connectivity index (χ3n) is 4.70. The molecule has 1 aliphatic heterocycles. The SMILES string of the molecule is NC1CCOC2(CCC(c3ccccc3)CC2)C1. The lowest BCUT2D eigenvalue weighted by Crippen LogP contribution is -2.46. The lowest BCUT2D eigenvalue weighted by Gasteiger charge is -2.44. The largest absolute Gasteiger partial charge is 0.375 e. The molecule has 2 aliphatic rings. The fraction of sp³-hybridized carbons (Fsp3) is 0.625. The lowest BCUT2D eigenvalue weighted by molar-refractivity contribution is -0.107. The molecule has 2 heteroatoms. The minimum absolute atomic E-state index is 0.114. The molecule has 1 aliphatic carbocycles. The van der Waals surface area contributed by atoms with Crippen LogP contribution in [0.15, 0.2) is 30.3 Å². The molecule has 1 saturated carbocycles. The predicted molar refractivity (Wildman–Crippen MR) is 73.5 cm³/mol. The first-order valence-corrected chi connectivity index (χ1v) is 7.22. The Labute approximate surface area is 110 Å². The van der Waals surface area contributed by atoms with Crippen LogP contribution in [0.25, 0.3) is 0 Å². The minimum atomic E-state index is 0.114. The second-order valence-electron chi connectivity index (χ2n) is 5.97. The van der Waals surface area contributed by atoms with Gasteiger partial charge in [-0.15, -0.1) is 0 Å². The molecule has 1 unspecified atom stereocenters. The minimum Gasteiger partial charge on any atom is -0.375 e. The van der Waals surface area contributed by atoms with Crippen molar-refractivity contribution in [3.8, 4) is 0 Å². The number of hydrogen-bond donors (Lipinski definition) is 1. The highest BCUT2D eigenvalue weighted by molar-refractivity contribution is 5.20. The van der Waals surface area contributed by atoms with E-state index in [0.717, 1.165) is 25.4 Å². The summed E-state index contributed by atoms with van der Waals surface area (Å²) >= 11 is 0. The van der Waals surface area contributed by atoms with E-state index in [2.05, 4.69) is 30.3 Å². The number of rotatable bonds is 1. The van der Waals surface area contributed by atoms with E-state index in [0.29, 0.717) is 6.04 Å². The molecule has 2 fully saturated rings. The Morgan fingerprint density at radius 3 is 2.44 bits per heavy atom. The Kier molecular flexibility index (Phi) is 3.40. The van der Waals surface area contributed by atoms with E-state index in [1.807, 2.05) is 0 Å². The van der Waals surface area contributed by atoms with E-state index in [1.165, 1.54) is 31.2 Å². The molecule has 1 spiro atoms. The fourth-order valence-electron chi connectivity index (χ4n) is 3.62. The normalized spacial score (nSPS) is 36.7. The first-order chi connectivity index (χ1) is 8.77. The Morgan fingerprint density at radius 2 is 1.78 bits per heavy atom. The van der Waals surface area contributed by atoms with Gasteiger partial charge in [0.25, 0.3) is 0 Å². The third-order valence-corrected chi connectivity index (χ3v) is 4.70. The maximum absolute atomic E-state index is 6.11. The van der Waals surface area contributed by atoms with Gasteiger partial charge < -0.3 is 10.5 Å². The van der Waals surface area contributed by atoms with Crippen LogP contribution in [0, 0.1) is 0 Å². The van der Waals surface area contributed by atoms with Crippen molar-refractivity contribution in [2.24, 2.45) is 5.73 Å². The number of nitrogens with two attached hydrogens (primary N) is 1. The molecule has 1 heterocycles. The van der Waals surface area contributed by atoms with Gasteiger partial charge in [-0.3, -0.25) is 0 Å². The zero-order valence-corrected chi connectivity index (χ0v) is 11.0. The van der Waals surface area contributed by atoms with Gasteiger partial charge in [-0.2, -0.15) is 0 Å². The van der Waals surface area contributed by atoms with Gasteiger partial charge in [0, 0.05) is 12.6 Å². The van der Waals surface area contributed by atoms with Crippen molar-refractivity contribution in [1.29, 1.82) is 0 Å². The van der Waals surface area contributed by atoms with Crippen LogP contribution in [0.1, 0.15) is 50.0 Å². The lowest BCUT2D eigenvalue weighted by atomic mass is 9.72. The van der Waals surface area contributed by atoms with E-state index in [9.17, 15) is 0 Å². The van der Waals surface area contributed by atoms with E-state index in [4.69, 9.17) is 10.5 Å². The summed E-state index contributed by atoms with van der Waals surface area (Å²) in [5.74, 6) is 0.721. The van der Waals surface area contributed by atoms with Crippen molar-refractivity contribution in [2.75, 3.05) is 6.61 Å². The molecule has 3 rings (SSSR count). The quantitative estimate of drug-likeness (QED) is 0.824. The number of ether oxygens (including phenoxy) is 1. The van der Waals surface area contributed by atoms with Crippen LogP contribution in [-0.2, 0) is 4.74 Å².